The Balaban J connectivity index is 1.33. The van der Waals surface area contributed by atoms with Gasteiger partial charge in [0.05, 0.1) is 13.2 Å². The summed E-state index contributed by atoms with van der Waals surface area (Å²) >= 11 is 5.97. The number of hydrogen-bond acceptors (Lipinski definition) is 2. The van der Waals surface area contributed by atoms with Crippen LogP contribution in [0.15, 0.2) is 61.2 Å². The number of ether oxygens (including phenoxy) is 2. The zero-order valence-electron chi connectivity index (χ0n) is 15.6. The van der Waals surface area contributed by atoms with Crippen molar-refractivity contribution in [3.8, 4) is 11.1 Å². The molecule has 0 spiro atoms. The fourth-order valence-corrected chi connectivity index (χ4v) is 4.44. The van der Waals surface area contributed by atoms with Gasteiger partial charge in [0.1, 0.15) is 0 Å². The number of benzene rings is 2. The third kappa shape index (κ3) is 4.45. The third-order valence-corrected chi connectivity index (χ3v) is 6.35. The molecule has 2 aromatic carbocycles. The lowest BCUT2D eigenvalue weighted by atomic mass is 9.76. The summed E-state index contributed by atoms with van der Waals surface area (Å²) in [6.07, 6.45) is 6.95. The van der Waals surface area contributed by atoms with Crippen molar-refractivity contribution in [3.63, 3.8) is 0 Å². The molecule has 0 N–H and O–H groups in total. The quantitative estimate of drug-likeness (QED) is 0.550. The van der Waals surface area contributed by atoms with Crippen LogP contribution in [0.1, 0.15) is 37.5 Å². The fourth-order valence-electron chi connectivity index (χ4n) is 4.31. The largest absolute Gasteiger partial charge is 0.348 e. The second-order valence-corrected chi connectivity index (χ2v) is 8.23. The molecule has 2 aliphatic rings. The molecule has 2 aromatic rings. The Bertz CT molecular complexity index is 737. The van der Waals surface area contributed by atoms with Gasteiger partial charge in [-0.2, -0.15) is 0 Å². The van der Waals surface area contributed by atoms with Gasteiger partial charge in [0, 0.05) is 16.5 Å². The van der Waals surface area contributed by atoms with E-state index in [9.17, 15) is 0 Å². The lowest BCUT2D eigenvalue weighted by Gasteiger charge is -2.37. The molecule has 2 fully saturated rings. The highest BCUT2D eigenvalue weighted by Crippen LogP contribution is 2.37. The monoisotopic (exact) mass is 382 g/mol. The molecular formula is C24H27ClO2. The van der Waals surface area contributed by atoms with E-state index >= 15 is 0 Å². The highest BCUT2D eigenvalue weighted by molar-refractivity contribution is 6.30. The van der Waals surface area contributed by atoms with Crippen LogP contribution in [0.3, 0.4) is 0 Å². The summed E-state index contributed by atoms with van der Waals surface area (Å²) in [5.74, 6) is 1.97. The van der Waals surface area contributed by atoms with Crippen LogP contribution < -0.4 is 0 Å². The van der Waals surface area contributed by atoms with Crippen LogP contribution in [0.4, 0.5) is 0 Å². The van der Waals surface area contributed by atoms with Crippen molar-refractivity contribution in [1.82, 2.24) is 0 Å². The Morgan fingerprint density at radius 1 is 0.778 bits per heavy atom. The predicted octanol–water partition coefficient (Wildman–Crippen LogP) is 6.66. The van der Waals surface area contributed by atoms with E-state index in [1.165, 1.54) is 31.2 Å². The second kappa shape index (κ2) is 8.60. The Kier molecular flexibility index (Phi) is 5.97. The van der Waals surface area contributed by atoms with E-state index < -0.39 is 0 Å². The van der Waals surface area contributed by atoms with Crippen molar-refractivity contribution in [3.05, 3.63) is 71.8 Å². The fraction of sp³-hybridized carbons (Fsp3) is 0.417. The summed E-state index contributed by atoms with van der Waals surface area (Å²) in [6.45, 7) is 5.54. The molecule has 0 aromatic heterocycles. The first kappa shape index (κ1) is 18.7. The number of halogens is 1. The summed E-state index contributed by atoms with van der Waals surface area (Å²) in [6, 6.07) is 16.4. The molecule has 2 nitrogen and oxygen atoms in total. The normalized spacial score (nSPS) is 28.6. The number of hydrogen-bond donors (Lipinski definition) is 0. The van der Waals surface area contributed by atoms with E-state index in [2.05, 4.69) is 36.9 Å². The number of rotatable bonds is 4. The van der Waals surface area contributed by atoms with Gasteiger partial charge in [-0.15, -0.1) is 6.58 Å². The lowest BCUT2D eigenvalue weighted by molar-refractivity contribution is -0.214. The first-order valence-corrected chi connectivity index (χ1v) is 10.3. The molecule has 0 unspecified atom stereocenters. The highest BCUT2D eigenvalue weighted by Gasteiger charge is 2.31. The van der Waals surface area contributed by atoms with E-state index in [0.29, 0.717) is 11.8 Å². The summed E-state index contributed by atoms with van der Waals surface area (Å²) in [5, 5.41) is 0.756. The molecule has 1 saturated carbocycles. The minimum atomic E-state index is -0.245. The van der Waals surface area contributed by atoms with Crippen molar-refractivity contribution >= 4 is 11.6 Å². The molecule has 1 heterocycles. The summed E-state index contributed by atoms with van der Waals surface area (Å²) in [5.41, 5.74) is 3.41. The molecule has 1 aliphatic carbocycles. The zero-order valence-corrected chi connectivity index (χ0v) is 16.4. The topological polar surface area (TPSA) is 18.5 Å². The van der Waals surface area contributed by atoms with Gasteiger partial charge in [0.25, 0.3) is 0 Å². The van der Waals surface area contributed by atoms with Crippen LogP contribution in [-0.2, 0) is 9.47 Å². The number of allylic oxidation sites excluding steroid dienone is 1. The van der Waals surface area contributed by atoms with Crippen LogP contribution in [-0.4, -0.2) is 13.2 Å². The molecule has 0 amide bonds. The van der Waals surface area contributed by atoms with Crippen LogP contribution in [0.2, 0.25) is 5.02 Å². The summed E-state index contributed by atoms with van der Waals surface area (Å²) in [4.78, 5) is 0. The minimum absolute atomic E-state index is 0.245. The van der Waals surface area contributed by atoms with E-state index in [-0.39, 0.29) is 6.29 Å². The van der Waals surface area contributed by atoms with E-state index in [4.69, 9.17) is 21.1 Å². The Morgan fingerprint density at radius 2 is 1.33 bits per heavy atom. The van der Waals surface area contributed by atoms with Gasteiger partial charge in [-0.3, -0.25) is 0 Å². The molecule has 1 saturated heterocycles. The molecule has 1 aliphatic heterocycles. The predicted molar refractivity (Wildman–Crippen MR) is 111 cm³/mol. The summed E-state index contributed by atoms with van der Waals surface area (Å²) in [7, 11) is 0. The smallest absolute Gasteiger partial charge is 0.183 e. The molecule has 0 radical (unpaired) electrons. The van der Waals surface area contributed by atoms with E-state index in [1.54, 1.807) is 0 Å². The van der Waals surface area contributed by atoms with Crippen molar-refractivity contribution in [2.24, 2.45) is 17.8 Å². The maximum Gasteiger partial charge on any atom is 0.183 e. The molecule has 0 bridgehead atoms. The van der Waals surface area contributed by atoms with Crippen molar-refractivity contribution in [1.29, 1.82) is 0 Å². The molecule has 4 rings (SSSR count). The standard InChI is InChI=1S/C24H27ClO2/c1-2-17-3-5-20(6-4-17)22-15-26-24(27-16-22)21-9-7-18(8-10-21)19-11-13-23(25)14-12-19/h2,7-14,17,20,22,24H,1,3-6,15-16H2/t17-,20-,22?,24?. The van der Waals surface area contributed by atoms with Crippen LogP contribution in [0, 0.1) is 17.8 Å². The summed E-state index contributed by atoms with van der Waals surface area (Å²) < 4.78 is 12.2. The molecule has 142 valence electrons. The molecule has 3 heteroatoms. The third-order valence-electron chi connectivity index (χ3n) is 6.10. The van der Waals surface area contributed by atoms with Crippen LogP contribution in [0.25, 0.3) is 11.1 Å². The van der Waals surface area contributed by atoms with Gasteiger partial charge in [0.2, 0.25) is 0 Å². The highest BCUT2D eigenvalue weighted by atomic mass is 35.5. The maximum absolute atomic E-state index is 6.08. The van der Waals surface area contributed by atoms with Gasteiger partial charge in [-0.1, -0.05) is 54.1 Å². The Morgan fingerprint density at radius 3 is 1.89 bits per heavy atom. The van der Waals surface area contributed by atoms with E-state index in [0.717, 1.165) is 35.3 Å². The average Bonchev–Trinajstić information content (AvgIpc) is 2.75. The SMILES string of the molecule is C=C[C@H]1CC[C@H](C2COC(c3ccc(-c4ccc(Cl)cc4)cc3)OC2)CC1. The van der Waals surface area contributed by atoms with Crippen LogP contribution >= 0.6 is 11.6 Å². The maximum atomic E-state index is 6.08. The second-order valence-electron chi connectivity index (χ2n) is 7.80. The van der Waals surface area contributed by atoms with Crippen molar-refractivity contribution in [2.45, 2.75) is 32.0 Å². The van der Waals surface area contributed by atoms with Gasteiger partial charge in [-0.25, -0.2) is 0 Å². The first-order valence-electron chi connectivity index (χ1n) is 9.94. The minimum Gasteiger partial charge on any atom is -0.348 e. The average molecular weight is 383 g/mol. The molecule has 27 heavy (non-hydrogen) atoms. The molecular weight excluding hydrogens is 356 g/mol. The van der Waals surface area contributed by atoms with Crippen molar-refractivity contribution < 1.29 is 9.47 Å². The van der Waals surface area contributed by atoms with Crippen molar-refractivity contribution in [2.75, 3.05) is 13.2 Å². The van der Waals surface area contributed by atoms with Gasteiger partial charge < -0.3 is 9.47 Å². The Labute approximate surface area is 167 Å². The first-order chi connectivity index (χ1) is 13.2. The Hall–Kier alpha value is -1.61. The van der Waals surface area contributed by atoms with Gasteiger partial charge >= 0.3 is 0 Å². The van der Waals surface area contributed by atoms with Crippen LogP contribution in [0.5, 0.6) is 0 Å². The zero-order chi connectivity index (χ0) is 18.6. The molecule has 0 atom stereocenters. The van der Waals surface area contributed by atoms with Gasteiger partial charge in [-0.05, 0) is 60.8 Å². The van der Waals surface area contributed by atoms with E-state index in [1.807, 2.05) is 24.3 Å². The van der Waals surface area contributed by atoms with Gasteiger partial charge in [0.15, 0.2) is 6.29 Å². The lowest BCUT2D eigenvalue weighted by Crippen LogP contribution is -2.34.